The molecule has 0 radical (unpaired) electrons. The Kier molecular flexibility index (Phi) is 5.07. The molecule has 0 unspecified atom stereocenters. The molecule has 1 aliphatic rings. The first-order valence-electron chi connectivity index (χ1n) is 6.48. The summed E-state index contributed by atoms with van der Waals surface area (Å²) in [6.07, 6.45) is 7.77. The van der Waals surface area contributed by atoms with Crippen molar-refractivity contribution in [3.8, 4) is 0 Å². The maximum absolute atomic E-state index is 4.72. The third-order valence-corrected chi connectivity index (χ3v) is 15.1. The van der Waals surface area contributed by atoms with Gasteiger partial charge in [-0.05, 0) is 0 Å². The Morgan fingerprint density at radius 2 is 1.85 bits per heavy atom. The summed E-state index contributed by atoms with van der Waals surface area (Å²) in [5.74, 6) is 0. The van der Waals surface area contributed by atoms with Gasteiger partial charge in [-0.25, -0.2) is 0 Å². The molecular formula is C16H21Cl2NZr. The van der Waals surface area contributed by atoms with Gasteiger partial charge in [-0.1, -0.05) is 0 Å². The van der Waals surface area contributed by atoms with E-state index in [4.69, 9.17) is 4.21 Å². The average molecular weight is 389 g/mol. The van der Waals surface area contributed by atoms with E-state index in [1.807, 2.05) is 0 Å². The fraction of sp³-hybridized carbons (Fsp3) is 0.188. The number of rotatable bonds is 2. The van der Waals surface area contributed by atoms with E-state index in [-0.39, 0.29) is 24.8 Å². The molecule has 2 aromatic rings. The Morgan fingerprint density at radius 1 is 1.15 bits per heavy atom. The fourth-order valence-corrected chi connectivity index (χ4v) is 9.86. The van der Waals surface area contributed by atoms with E-state index in [0.717, 1.165) is 6.42 Å². The van der Waals surface area contributed by atoms with Gasteiger partial charge in [-0.3, -0.25) is 0 Å². The minimum atomic E-state index is -3.19. The summed E-state index contributed by atoms with van der Waals surface area (Å²) < 4.78 is 12.5. The van der Waals surface area contributed by atoms with Crippen molar-refractivity contribution >= 4 is 43.3 Å². The van der Waals surface area contributed by atoms with Gasteiger partial charge in [0.05, 0.1) is 0 Å². The van der Waals surface area contributed by atoms with E-state index in [2.05, 4.69) is 62.8 Å². The maximum atomic E-state index is 4.72. The Hall–Kier alpha value is -0.427. The molecule has 1 N–H and O–H groups in total. The van der Waals surface area contributed by atoms with Crippen LogP contribution in [0.5, 0.6) is 0 Å². The van der Waals surface area contributed by atoms with Gasteiger partial charge in [-0.2, -0.15) is 0 Å². The number of aromatic amines is 1. The molecule has 20 heavy (non-hydrogen) atoms. The number of para-hydroxylation sites is 1. The molecule has 0 amide bonds. The molecule has 4 heteroatoms. The van der Waals surface area contributed by atoms with Crippen LogP contribution in [-0.4, -0.2) is 9.20 Å². The van der Waals surface area contributed by atoms with Crippen molar-refractivity contribution < 1.29 is 18.3 Å². The van der Waals surface area contributed by atoms with Crippen molar-refractivity contribution in [1.29, 1.82) is 0 Å². The summed E-state index contributed by atoms with van der Waals surface area (Å²) in [6, 6.07) is 10.8. The molecule has 0 bridgehead atoms. The second-order valence-corrected chi connectivity index (χ2v) is 22.4. The first-order valence-corrected chi connectivity index (χ1v) is 15.6. The van der Waals surface area contributed by atoms with E-state index >= 15 is 0 Å². The predicted octanol–water partition coefficient (Wildman–Crippen LogP) is 4.70. The topological polar surface area (TPSA) is 15.8 Å². The van der Waals surface area contributed by atoms with E-state index < -0.39 is 18.3 Å². The predicted molar refractivity (Wildman–Crippen MR) is 93.1 cm³/mol. The molecule has 0 aliphatic heterocycles. The molecule has 3 rings (SSSR count). The number of nitrogens with one attached hydrogen (secondary N) is 1. The van der Waals surface area contributed by atoms with Crippen LogP contribution in [-0.2, 0) is 18.3 Å². The Balaban J connectivity index is 0.000001000. The monoisotopic (exact) mass is 387 g/mol. The normalized spacial score (nSPS) is 14.7. The third-order valence-electron chi connectivity index (χ3n) is 4.19. The van der Waals surface area contributed by atoms with Crippen LogP contribution >= 0.6 is 24.8 Å². The molecule has 108 valence electrons. The Morgan fingerprint density at radius 3 is 2.45 bits per heavy atom. The molecule has 1 aromatic heterocycles. The van der Waals surface area contributed by atoms with Crippen molar-refractivity contribution in [2.75, 3.05) is 0 Å². The Bertz CT molecular complexity index is 714. The van der Waals surface area contributed by atoms with Crippen molar-refractivity contribution in [2.45, 2.75) is 15.7 Å². The summed E-state index contributed by atoms with van der Waals surface area (Å²) in [4.78, 5) is 3.62. The van der Waals surface area contributed by atoms with Crippen molar-refractivity contribution in [3.05, 3.63) is 51.8 Å². The SMILES string of the molecule is Cl.Cl.[CH2]=[Zr]([CH3])([CH3])([C]1=CC=CC1)[c]1cc2ccccc2[nH]1. The van der Waals surface area contributed by atoms with E-state index in [9.17, 15) is 0 Å². The van der Waals surface area contributed by atoms with Crippen LogP contribution < -0.4 is 3.40 Å². The van der Waals surface area contributed by atoms with Gasteiger partial charge >= 0.3 is 109 Å². The van der Waals surface area contributed by atoms with Crippen LogP contribution in [0.15, 0.2) is 51.8 Å². The molecular weight excluding hydrogens is 368 g/mol. The van der Waals surface area contributed by atoms with Crippen LogP contribution in [0.1, 0.15) is 6.42 Å². The summed E-state index contributed by atoms with van der Waals surface area (Å²) in [6.45, 7) is 0. The number of benzene rings is 1. The zero-order valence-corrected chi connectivity index (χ0v) is 15.9. The van der Waals surface area contributed by atoms with Crippen LogP contribution in [0.2, 0.25) is 9.26 Å². The van der Waals surface area contributed by atoms with E-state index in [1.54, 1.807) is 3.28 Å². The van der Waals surface area contributed by atoms with Gasteiger partial charge in [0.25, 0.3) is 0 Å². The molecule has 0 saturated heterocycles. The second-order valence-electron chi connectivity index (χ2n) is 6.28. The van der Waals surface area contributed by atoms with Crippen molar-refractivity contribution in [3.63, 3.8) is 0 Å². The quantitative estimate of drug-likeness (QED) is 0.766. The third kappa shape index (κ3) is 2.79. The summed E-state index contributed by atoms with van der Waals surface area (Å²) >= 11 is -3.19. The molecule has 1 heterocycles. The number of aromatic nitrogens is 1. The molecule has 0 fully saturated rings. The van der Waals surface area contributed by atoms with Crippen LogP contribution in [0, 0.1) is 0 Å². The van der Waals surface area contributed by atoms with Gasteiger partial charge in [0.1, 0.15) is 0 Å². The number of fused-ring (bicyclic) bond motifs is 1. The zero-order chi connectivity index (χ0) is 12.8. The molecule has 0 saturated carbocycles. The first-order chi connectivity index (χ1) is 8.46. The van der Waals surface area contributed by atoms with Gasteiger partial charge < -0.3 is 0 Å². The van der Waals surface area contributed by atoms with E-state index in [1.165, 1.54) is 14.3 Å². The van der Waals surface area contributed by atoms with Gasteiger partial charge in [0, 0.05) is 0 Å². The van der Waals surface area contributed by atoms with Crippen LogP contribution in [0.4, 0.5) is 0 Å². The second kappa shape index (κ2) is 5.75. The molecule has 0 atom stereocenters. The van der Waals surface area contributed by atoms with E-state index in [0.29, 0.717) is 0 Å². The molecule has 1 nitrogen and oxygen atoms in total. The van der Waals surface area contributed by atoms with Crippen molar-refractivity contribution in [1.82, 2.24) is 4.98 Å². The van der Waals surface area contributed by atoms with Crippen LogP contribution in [0.25, 0.3) is 10.9 Å². The summed E-state index contributed by atoms with van der Waals surface area (Å²) in [5.41, 5.74) is 1.23. The number of allylic oxidation sites excluding steroid dienone is 4. The fourth-order valence-electron chi connectivity index (χ4n) is 2.72. The zero-order valence-electron chi connectivity index (χ0n) is 11.8. The van der Waals surface area contributed by atoms with Crippen molar-refractivity contribution in [2.24, 2.45) is 0 Å². The number of H-pyrrole nitrogens is 1. The number of halogens is 2. The molecule has 1 aliphatic carbocycles. The number of hydrogen-bond donors (Lipinski definition) is 1. The summed E-state index contributed by atoms with van der Waals surface area (Å²) in [5, 5.41) is 1.30. The Labute approximate surface area is 133 Å². The van der Waals surface area contributed by atoms with Crippen LogP contribution in [0.3, 0.4) is 0 Å². The van der Waals surface area contributed by atoms with Gasteiger partial charge in [-0.15, -0.1) is 24.8 Å². The number of hydrogen-bond acceptors (Lipinski definition) is 0. The molecule has 0 spiro atoms. The standard InChI is InChI=1S/C8H6N.C5H5.2CH3.CH2.2ClH.Zr/c1-2-4-8-7(3-1)5-6-9-8;1-2-4-5-3-1;;;;;;/h1-5,9H;1-3H,4H2;2*1H3;1H2;2*1H;. The molecule has 1 aromatic carbocycles. The summed E-state index contributed by atoms with van der Waals surface area (Å²) in [7, 11) is 0. The first kappa shape index (κ1) is 17.6. The minimum absolute atomic E-state index is 0. The van der Waals surface area contributed by atoms with Gasteiger partial charge in [0.2, 0.25) is 0 Å². The average Bonchev–Trinajstić information content (AvgIpc) is 2.98. The van der Waals surface area contributed by atoms with Gasteiger partial charge in [0.15, 0.2) is 0 Å².